The van der Waals surface area contributed by atoms with Crippen LogP contribution in [0.4, 0.5) is 5.95 Å². The molecular formula is C17H26N6O. The van der Waals surface area contributed by atoms with Crippen LogP contribution in [0.3, 0.4) is 0 Å². The summed E-state index contributed by atoms with van der Waals surface area (Å²) in [6.07, 6.45) is 10.2. The first kappa shape index (κ1) is 16.9. The molecule has 3 heterocycles. The second-order valence-corrected chi connectivity index (χ2v) is 6.19. The minimum atomic E-state index is 0.293. The Morgan fingerprint density at radius 1 is 1.29 bits per heavy atom. The highest BCUT2D eigenvalue weighted by molar-refractivity contribution is 5.25. The lowest BCUT2D eigenvalue weighted by molar-refractivity contribution is 0.120. The number of aryl methyl sites for hydroxylation is 1. The molecule has 3 rings (SSSR count). The summed E-state index contributed by atoms with van der Waals surface area (Å²) in [6.45, 7) is 6.39. The van der Waals surface area contributed by atoms with Gasteiger partial charge in [0.15, 0.2) is 0 Å². The van der Waals surface area contributed by atoms with Crippen molar-refractivity contribution >= 4 is 5.95 Å². The molecule has 0 saturated carbocycles. The first-order valence-electron chi connectivity index (χ1n) is 8.59. The van der Waals surface area contributed by atoms with Crippen molar-refractivity contribution in [2.24, 2.45) is 7.05 Å². The van der Waals surface area contributed by atoms with Gasteiger partial charge in [0, 0.05) is 57.1 Å². The van der Waals surface area contributed by atoms with Crippen LogP contribution < -0.4 is 5.32 Å². The minimum Gasteiger partial charge on any atom is -0.376 e. The fourth-order valence-corrected chi connectivity index (χ4v) is 2.82. The van der Waals surface area contributed by atoms with Crippen LogP contribution in [0.1, 0.15) is 31.2 Å². The lowest BCUT2D eigenvalue weighted by Crippen LogP contribution is -2.24. The van der Waals surface area contributed by atoms with Crippen LogP contribution in [0.15, 0.2) is 24.8 Å². The van der Waals surface area contributed by atoms with Gasteiger partial charge in [-0.2, -0.15) is 0 Å². The highest BCUT2D eigenvalue weighted by atomic mass is 16.5. The quantitative estimate of drug-likeness (QED) is 0.796. The Labute approximate surface area is 143 Å². The van der Waals surface area contributed by atoms with E-state index in [-0.39, 0.29) is 0 Å². The van der Waals surface area contributed by atoms with E-state index in [9.17, 15) is 0 Å². The second kappa shape index (κ2) is 8.21. The number of aromatic nitrogens is 4. The second-order valence-electron chi connectivity index (χ2n) is 6.19. The maximum atomic E-state index is 5.59. The molecular weight excluding hydrogens is 304 g/mol. The van der Waals surface area contributed by atoms with Gasteiger partial charge in [0.25, 0.3) is 0 Å². The number of imidazole rings is 1. The van der Waals surface area contributed by atoms with Crippen LogP contribution in [-0.2, 0) is 24.9 Å². The number of rotatable bonds is 8. The lowest BCUT2D eigenvalue weighted by atomic mass is 10.2. The van der Waals surface area contributed by atoms with E-state index in [4.69, 9.17) is 4.74 Å². The largest absolute Gasteiger partial charge is 0.376 e. The smallest absolute Gasteiger partial charge is 0.222 e. The van der Waals surface area contributed by atoms with E-state index < -0.39 is 0 Å². The molecule has 0 bridgehead atoms. The SMILES string of the molecule is CCN(Cc1cnc(NC[C@H]2CCCO2)nc1)Cc1nccn1C. The molecule has 7 heteroatoms. The zero-order valence-electron chi connectivity index (χ0n) is 14.5. The zero-order valence-corrected chi connectivity index (χ0v) is 14.5. The number of anilines is 1. The summed E-state index contributed by atoms with van der Waals surface area (Å²) in [5.74, 6) is 1.73. The van der Waals surface area contributed by atoms with Crippen molar-refractivity contribution in [2.75, 3.05) is 25.0 Å². The molecule has 130 valence electrons. The molecule has 0 aliphatic carbocycles. The van der Waals surface area contributed by atoms with Gasteiger partial charge in [-0.3, -0.25) is 4.90 Å². The highest BCUT2D eigenvalue weighted by Crippen LogP contribution is 2.13. The monoisotopic (exact) mass is 330 g/mol. The Balaban J connectivity index is 1.51. The summed E-state index contributed by atoms with van der Waals surface area (Å²) in [7, 11) is 2.02. The van der Waals surface area contributed by atoms with Crippen molar-refractivity contribution in [3.05, 3.63) is 36.2 Å². The van der Waals surface area contributed by atoms with E-state index in [0.29, 0.717) is 12.1 Å². The minimum absolute atomic E-state index is 0.293. The lowest BCUT2D eigenvalue weighted by Gasteiger charge is -2.20. The maximum Gasteiger partial charge on any atom is 0.222 e. The first-order chi connectivity index (χ1) is 11.7. The van der Waals surface area contributed by atoms with Crippen molar-refractivity contribution in [1.82, 2.24) is 24.4 Å². The van der Waals surface area contributed by atoms with E-state index in [1.807, 2.05) is 31.8 Å². The topological polar surface area (TPSA) is 68.1 Å². The van der Waals surface area contributed by atoms with Crippen LogP contribution in [-0.4, -0.2) is 50.2 Å². The third-order valence-corrected chi connectivity index (χ3v) is 4.36. The van der Waals surface area contributed by atoms with Crippen LogP contribution in [0, 0.1) is 0 Å². The zero-order chi connectivity index (χ0) is 16.8. The summed E-state index contributed by atoms with van der Waals surface area (Å²) in [4.78, 5) is 15.5. The van der Waals surface area contributed by atoms with E-state index in [1.54, 1.807) is 0 Å². The van der Waals surface area contributed by atoms with Crippen molar-refractivity contribution in [3.8, 4) is 0 Å². The van der Waals surface area contributed by atoms with Crippen LogP contribution in [0.2, 0.25) is 0 Å². The van der Waals surface area contributed by atoms with Gasteiger partial charge in [0.05, 0.1) is 12.6 Å². The molecule has 2 aromatic heterocycles. The molecule has 7 nitrogen and oxygen atoms in total. The van der Waals surface area contributed by atoms with Crippen LogP contribution >= 0.6 is 0 Å². The number of nitrogens with zero attached hydrogens (tertiary/aromatic N) is 5. The van der Waals surface area contributed by atoms with Gasteiger partial charge in [-0.1, -0.05) is 6.92 Å². The Hall–Kier alpha value is -1.99. The average Bonchev–Trinajstić information content (AvgIpc) is 3.26. The van der Waals surface area contributed by atoms with E-state index in [0.717, 1.165) is 57.0 Å². The van der Waals surface area contributed by atoms with Crippen molar-refractivity contribution < 1.29 is 4.74 Å². The molecule has 1 aliphatic heterocycles. The van der Waals surface area contributed by atoms with Gasteiger partial charge in [0.2, 0.25) is 5.95 Å². The van der Waals surface area contributed by atoms with Gasteiger partial charge < -0.3 is 14.6 Å². The van der Waals surface area contributed by atoms with Gasteiger partial charge in [-0.15, -0.1) is 0 Å². The Morgan fingerprint density at radius 3 is 2.75 bits per heavy atom. The fraction of sp³-hybridized carbons (Fsp3) is 0.588. The third kappa shape index (κ3) is 4.52. The van der Waals surface area contributed by atoms with Crippen molar-refractivity contribution in [3.63, 3.8) is 0 Å². The summed E-state index contributed by atoms with van der Waals surface area (Å²) in [5.41, 5.74) is 1.11. The van der Waals surface area contributed by atoms with Gasteiger partial charge in [-0.05, 0) is 19.4 Å². The molecule has 0 radical (unpaired) electrons. The Kier molecular flexibility index (Phi) is 5.77. The van der Waals surface area contributed by atoms with E-state index in [2.05, 4.69) is 36.7 Å². The van der Waals surface area contributed by atoms with E-state index >= 15 is 0 Å². The van der Waals surface area contributed by atoms with Crippen molar-refractivity contribution in [1.29, 1.82) is 0 Å². The molecule has 1 atom stereocenters. The van der Waals surface area contributed by atoms with Crippen molar-refractivity contribution in [2.45, 2.75) is 39.0 Å². The van der Waals surface area contributed by atoms with Crippen LogP contribution in [0.5, 0.6) is 0 Å². The average molecular weight is 330 g/mol. The molecule has 2 aromatic rings. The number of nitrogens with one attached hydrogen (secondary N) is 1. The molecule has 0 unspecified atom stereocenters. The molecule has 1 fully saturated rings. The summed E-state index contributed by atoms with van der Waals surface area (Å²) < 4.78 is 7.65. The number of ether oxygens (including phenoxy) is 1. The predicted octanol–water partition coefficient (Wildman–Crippen LogP) is 1.82. The molecule has 1 aliphatic rings. The van der Waals surface area contributed by atoms with Gasteiger partial charge in [0.1, 0.15) is 5.82 Å². The summed E-state index contributed by atoms with van der Waals surface area (Å²) in [6, 6.07) is 0. The molecule has 0 spiro atoms. The predicted molar refractivity (Wildman–Crippen MR) is 92.5 cm³/mol. The molecule has 1 saturated heterocycles. The standard InChI is InChI=1S/C17H26N6O/c1-3-23(13-16-18-6-7-22(16)2)12-14-9-19-17(20-10-14)21-11-15-5-4-8-24-15/h6-7,9-10,15H,3-5,8,11-13H2,1-2H3,(H,19,20,21)/t15-/m1/s1. The summed E-state index contributed by atoms with van der Waals surface area (Å²) >= 11 is 0. The number of hydrogen-bond acceptors (Lipinski definition) is 6. The third-order valence-electron chi connectivity index (χ3n) is 4.36. The number of hydrogen-bond donors (Lipinski definition) is 1. The van der Waals surface area contributed by atoms with Gasteiger partial charge in [-0.25, -0.2) is 15.0 Å². The fourth-order valence-electron chi connectivity index (χ4n) is 2.82. The Bertz CT molecular complexity index is 620. The van der Waals surface area contributed by atoms with Gasteiger partial charge >= 0.3 is 0 Å². The van der Waals surface area contributed by atoms with E-state index in [1.165, 1.54) is 0 Å². The molecule has 0 amide bonds. The molecule has 1 N–H and O–H groups in total. The van der Waals surface area contributed by atoms with Crippen LogP contribution in [0.25, 0.3) is 0 Å². The highest BCUT2D eigenvalue weighted by Gasteiger charge is 2.15. The maximum absolute atomic E-state index is 5.59. The Morgan fingerprint density at radius 2 is 2.12 bits per heavy atom. The molecule has 0 aromatic carbocycles. The summed E-state index contributed by atoms with van der Waals surface area (Å²) in [5, 5.41) is 3.25. The molecule has 24 heavy (non-hydrogen) atoms. The first-order valence-corrected chi connectivity index (χ1v) is 8.59. The normalized spacial score (nSPS) is 17.5.